The highest BCUT2D eigenvalue weighted by atomic mass is 19.1. The van der Waals surface area contributed by atoms with Crippen molar-refractivity contribution in [2.24, 2.45) is 0 Å². The van der Waals surface area contributed by atoms with Gasteiger partial charge in [-0.05, 0) is 48.9 Å². The summed E-state index contributed by atoms with van der Waals surface area (Å²) in [4.78, 5) is 23.5. The smallest absolute Gasteiger partial charge is 0.251 e. The molecule has 0 fully saturated rings. The van der Waals surface area contributed by atoms with E-state index < -0.39 is 23.4 Å². The Kier molecular flexibility index (Phi) is 4.83. The van der Waals surface area contributed by atoms with Gasteiger partial charge in [0.2, 0.25) is 5.91 Å². The predicted molar refractivity (Wildman–Crippen MR) is 78.5 cm³/mol. The average Bonchev–Trinajstić information content (AvgIpc) is 2.49. The Balaban J connectivity index is 1.91. The molecule has 0 saturated carbocycles. The monoisotopic (exact) mass is 304 g/mol. The summed E-state index contributed by atoms with van der Waals surface area (Å²) < 4.78 is 25.9. The first-order chi connectivity index (χ1) is 10.5. The highest BCUT2D eigenvalue weighted by Crippen LogP contribution is 2.15. The first-order valence-corrected chi connectivity index (χ1v) is 6.55. The lowest BCUT2D eigenvalue weighted by Gasteiger charge is -2.09. The summed E-state index contributed by atoms with van der Waals surface area (Å²) in [6.07, 6.45) is 0. The molecule has 4 nitrogen and oxygen atoms in total. The van der Waals surface area contributed by atoms with E-state index in [1.807, 2.05) is 0 Å². The summed E-state index contributed by atoms with van der Waals surface area (Å²) >= 11 is 0. The Morgan fingerprint density at radius 1 is 1.00 bits per heavy atom. The number of amides is 2. The highest BCUT2D eigenvalue weighted by molar-refractivity contribution is 5.99. The van der Waals surface area contributed by atoms with Crippen molar-refractivity contribution in [3.63, 3.8) is 0 Å². The molecule has 0 aromatic heterocycles. The van der Waals surface area contributed by atoms with Crippen LogP contribution in [0.4, 0.5) is 14.5 Å². The normalized spacial score (nSPS) is 10.1. The summed E-state index contributed by atoms with van der Waals surface area (Å²) in [5.41, 5.74) is 1.30. The van der Waals surface area contributed by atoms with Crippen LogP contribution in [0.1, 0.15) is 15.9 Å². The fourth-order valence-corrected chi connectivity index (χ4v) is 1.79. The minimum absolute atomic E-state index is 0.246. The van der Waals surface area contributed by atoms with E-state index >= 15 is 0 Å². The lowest BCUT2D eigenvalue weighted by Crippen LogP contribution is -2.33. The van der Waals surface area contributed by atoms with Crippen molar-refractivity contribution in [2.45, 2.75) is 6.92 Å². The second-order valence-electron chi connectivity index (χ2n) is 4.70. The Morgan fingerprint density at radius 2 is 1.64 bits per heavy atom. The van der Waals surface area contributed by atoms with E-state index in [1.54, 1.807) is 13.0 Å². The Bertz CT molecular complexity index is 700. The van der Waals surface area contributed by atoms with Crippen LogP contribution in [0.15, 0.2) is 42.5 Å². The summed E-state index contributed by atoms with van der Waals surface area (Å²) in [7, 11) is 0. The highest BCUT2D eigenvalue weighted by Gasteiger charge is 2.09. The van der Waals surface area contributed by atoms with E-state index in [2.05, 4.69) is 10.6 Å². The minimum Gasteiger partial charge on any atom is -0.343 e. The van der Waals surface area contributed by atoms with Gasteiger partial charge in [0.15, 0.2) is 0 Å². The van der Waals surface area contributed by atoms with Crippen LogP contribution in [0.3, 0.4) is 0 Å². The molecule has 2 rings (SSSR count). The van der Waals surface area contributed by atoms with Crippen LogP contribution >= 0.6 is 0 Å². The molecular weight excluding hydrogens is 290 g/mol. The SMILES string of the molecule is Cc1ccc(F)cc1NC(=O)CNC(=O)c1ccc(F)cc1. The Morgan fingerprint density at radius 3 is 2.32 bits per heavy atom. The number of carbonyl (C=O) groups excluding carboxylic acids is 2. The molecule has 2 amide bonds. The third kappa shape index (κ3) is 4.12. The molecule has 0 unspecified atom stereocenters. The lowest BCUT2D eigenvalue weighted by molar-refractivity contribution is -0.115. The van der Waals surface area contributed by atoms with Gasteiger partial charge in [-0.2, -0.15) is 0 Å². The van der Waals surface area contributed by atoms with Gasteiger partial charge in [-0.15, -0.1) is 0 Å². The summed E-state index contributed by atoms with van der Waals surface area (Å²) in [6, 6.07) is 8.99. The van der Waals surface area contributed by atoms with Crippen molar-refractivity contribution < 1.29 is 18.4 Å². The third-order valence-electron chi connectivity index (χ3n) is 2.99. The lowest BCUT2D eigenvalue weighted by atomic mass is 10.2. The standard InChI is InChI=1S/C16H14F2N2O2/c1-10-2-5-13(18)8-14(10)20-15(21)9-19-16(22)11-3-6-12(17)7-4-11/h2-8H,9H2,1H3,(H,19,22)(H,20,21). The zero-order valence-electron chi connectivity index (χ0n) is 11.8. The molecule has 0 radical (unpaired) electrons. The van der Waals surface area contributed by atoms with Gasteiger partial charge in [-0.25, -0.2) is 8.78 Å². The second kappa shape index (κ2) is 6.80. The number of benzene rings is 2. The third-order valence-corrected chi connectivity index (χ3v) is 2.99. The van der Waals surface area contributed by atoms with E-state index in [1.165, 1.54) is 24.3 Å². The van der Waals surface area contributed by atoms with Gasteiger partial charge in [-0.1, -0.05) is 6.07 Å². The summed E-state index contributed by atoms with van der Waals surface area (Å²) in [5, 5.41) is 4.92. The van der Waals surface area contributed by atoms with E-state index in [-0.39, 0.29) is 12.1 Å². The Labute approximate surface area is 126 Å². The molecule has 0 aliphatic carbocycles. The van der Waals surface area contributed by atoms with Crippen LogP contribution in [-0.2, 0) is 4.79 Å². The van der Waals surface area contributed by atoms with Crippen molar-refractivity contribution in [1.29, 1.82) is 0 Å². The molecule has 0 saturated heterocycles. The fraction of sp³-hybridized carbons (Fsp3) is 0.125. The van der Waals surface area contributed by atoms with Crippen molar-refractivity contribution >= 4 is 17.5 Å². The van der Waals surface area contributed by atoms with Crippen LogP contribution < -0.4 is 10.6 Å². The van der Waals surface area contributed by atoms with Gasteiger partial charge in [0.25, 0.3) is 5.91 Å². The van der Waals surface area contributed by atoms with E-state index in [9.17, 15) is 18.4 Å². The number of nitrogens with one attached hydrogen (secondary N) is 2. The van der Waals surface area contributed by atoms with Crippen LogP contribution in [0, 0.1) is 18.6 Å². The molecule has 0 aliphatic heterocycles. The van der Waals surface area contributed by atoms with Crippen LogP contribution in [0.5, 0.6) is 0 Å². The van der Waals surface area contributed by atoms with E-state index in [0.717, 1.165) is 12.1 Å². The van der Waals surface area contributed by atoms with Crippen LogP contribution in [0.25, 0.3) is 0 Å². The summed E-state index contributed by atoms with van der Waals surface area (Å²) in [6.45, 7) is 1.46. The molecule has 2 aromatic rings. The number of anilines is 1. The van der Waals surface area contributed by atoms with Crippen molar-refractivity contribution in [1.82, 2.24) is 5.32 Å². The van der Waals surface area contributed by atoms with Crippen LogP contribution in [0.2, 0.25) is 0 Å². The minimum atomic E-state index is -0.494. The number of hydrogen-bond acceptors (Lipinski definition) is 2. The number of aryl methyl sites for hydroxylation is 1. The van der Waals surface area contributed by atoms with Crippen molar-refractivity contribution in [3.8, 4) is 0 Å². The average molecular weight is 304 g/mol. The largest absolute Gasteiger partial charge is 0.343 e. The first-order valence-electron chi connectivity index (χ1n) is 6.55. The topological polar surface area (TPSA) is 58.2 Å². The van der Waals surface area contributed by atoms with Gasteiger partial charge < -0.3 is 10.6 Å². The molecule has 0 aliphatic rings. The van der Waals surface area contributed by atoms with Gasteiger partial charge in [0, 0.05) is 11.3 Å². The molecule has 114 valence electrons. The van der Waals surface area contributed by atoms with Gasteiger partial charge in [0.05, 0.1) is 6.54 Å². The van der Waals surface area contributed by atoms with Crippen molar-refractivity contribution in [2.75, 3.05) is 11.9 Å². The second-order valence-corrected chi connectivity index (χ2v) is 4.70. The number of halogens is 2. The van der Waals surface area contributed by atoms with Crippen LogP contribution in [-0.4, -0.2) is 18.4 Å². The number of rotatable bonds is 4. The van der Waals surface area contributed by atoms with Gasteiger partial charge in [0.1, 0.15) is 11.6 Å². The zero-order valence-corrected chi connectivity index (χ0v) is 11.8. The number of carbonyl (C=O) groups is 2. The van der Waals surface area contributed by atoms with Gasteiger partial charge in [-0.3, -0.25) is 9.59 Å². The quantitative estimate of drug-likeness (QED) is 0.912. The maximum absolute atomic E-state index is 13.1. The molecule has 6 heteroatoms. The molecule has 0 bridgehead atoms. The van der Waals surface area contributed by atoms with Crippen molar-refractivity contribution in [3.05, 3.63) is 65.2 Å². The summed E-state index contributed by atoms with van der Waals surface area (Å²) in [5.74, 6) is -1.89. The predicted octanol–water partition coefficient (Wildman–Crippen LogP) is 2.64. The Hall–Kier alpha value is -2.76. The molecule has 22 heavy (non-hydrogen) atoms. The fourth-order valence-electron chi connectivity index (χ4n) is 1.79. The number of hydrogen-bond donors (Lipinski definition) is 2. The molecular formula is C16H14F2N2O2. The van der Waals surface area contributed by atoms with Gasteiger partial charge >= 0.3 is 0 Å². The first kappa shape index (κ1) is 15.6. The molecule has 2 aromatic carbocycles. The molecule has 0 spiro atoms. The van der Waals surface area contributed by atoms with E-state index in [0.29, 0.717) is 11.3 Å². The molecule has 2 N–H and O–H groups in total. The molecule has 0 atom stereocenters. The zero-order chi connectivity index (χ0) is 16.1. The maximum Gasteiger partial charge on any atom is 0.251 e. The molecule has 0 heterocycles. The maximum atomic E-state index is 13.1. The van der Waals surface area contributed by atoms with E-state index in [4.69, 9.17) is 0 Å².